The molecule has 4 heterocycles. The van der Waals surface area contributed by atoms with E-state index in [1.54, 1.807) is 0 Å². The number of benzene rings is 2. The standard InChI is InChI=1S/C29H32N6O3/c1-16(2)10-25(33-27(36)24-12-18-11-17(3)8-9-21(18)30-24)28(37)34-14-20-13-19(34)15-35(20)29(38)26-31-22-6-4-5-7-23(22)32-26/h4-9,11-12,16,19-20,25,30H,10,13-15H2,1-3H3,(H,31,32)(H,33,36). The van der Waals surface area contributed by atoms with Crippen LogP contribution >= 0.6 is 0 Å². The second-order valence-corrected chi connectivity index (χ2v) is 11.0. The van der Waals surface area contributed by atoms with Crippen LogP contribution in [0.3, 0.4) is 0 Å². The molecule has 2 aromatic heterocycles. The number of rotatable bonds is 6. The van der Waals surface area contributed by atoms with Crippen molar-refractivity contribution < 1.29 is 14.4 Å². The van der Waals surface area contributed by atoms with E-state index in [-0.39, 0.29) is 35.7 Å². The first kappa shape index (κ1) is 24.2. The summed E-state index contributed by atoms with van der Waals surface area (Å²) in [4.78, 5) is 54.5. The fourth-order valence-electron chi connectivity index (χ4n) is 5.88. The van der Waals surface area contributed by atoms with Crippen LogP contribution in [0.2, 0.25) is 0 Å². The van der Waals surface area contributed by atoms with Gasteiger partial charge in [-0.3, -0.25) is 14.4 Å². The number of imidazole rings is 1. The summed E-state index contributed by atoms with van der Waals surface area (Å²) in [5.41, 5.74) is 4.04. The Hall–Kier alpha value is -4.14. The second-order valence-electron chi connectivity index (χ2n) is 11.0. The monoisotopic (exact) mass is 512 g/mol. The second kappa shape index (κ2) is 9.31. The average molecular weight is 513 g/mol. The van der Waals surface area contributed by atoms with Crippen LogP contribution in [0.15, 0.2) is 48.5 Å². The normalized spacial score (nSPS) is 19.6. The van der Waals surface area contributed by atoms with Crippen LogP contribution in [0, 0.1) is 12.8 Å². The van der Waals surface area contributed by atoms with E-state index in [1.807, 2.05) is 79.1 Å². The molecule has 2 fully saturated rings. The van der Waals surface area contributed by atoms with Crippen molar-refractivity contribution in [2.45, 2.75) is 51.7 Å². The van der Waals surface area contributed by atoms with Gasteiger partial charge in [-0.1, -0.05) is 37.6 Å². The number of piperazine rings is 1. The Bertz CT molecular complexity index is 1520. The van der Waals surface area contributed by atoms with Crippen LogP contribution in [0.1, 0.15) is 53.4 Å². The van der Waals surface area contributed by atoms with E-state index >= 15 is 0 Å². The zero-order valence-electron chi connectivity index (χ0n) is 21.8. The highest BCUT2D eigenvalue weighted by atomic mass is 16.2. The molecule has 3 N–H and O–H groups in total. The smallest absolute Gasteiger partial charge is 0.290 e. The van der Waals surface area contributed by atoms with Crippen LogP contribution in [0.4, 0.5) is 0 Å². The number of H-pyrrole nitrogens is 2. The van der Waals surface area contributed by atoms with Crippen molar-refractivity contribution >= 4 is 39.7 Å². The Morgan fingerprint density at radius 2 is 1.76 bits per heavy atom. The molecule has 2 aliphatic heterocycles. The summed E-state index contributed by atoms with van der Waals surface area (Å²) in [6.45, 7) is 7.03. The molecule has 0 radical (unpaired) electrons. The number of carbonyl (C=O) groups excluding carboxylic acids is 3. The van der Waals surface area contributed by atoms with Gasteiger partial charge in [0.1, 0.15) is 11.7 Å². The first-order valence-corrected chi connectivity index (χ1v) is 13.2. The quantitative estimate of drug-likeness (QED) is 0.366. The van der Waals surface area contributed by atoms with E-state index in [0.29, 0.717) is 31.0 Å². The zero-order valence-corrected chi connectivity index (χ0v) is 21.8. The third-order valence-electron chi connectivity index (χ3n) is 7.71. The van der Waals surface area contributed by atoms with Crippen LogP contribution < -0.4 is 5.32 Å². The maximum atomic E-state index is 13.7. The molecule has 0 saturated carbocycles. The average Bonchev–Trinajstić information content (AvgIpc) is 3.68. The molecule has 9 nitrogen and oxygen atoms in total. The molecule has 0 spiro atoms. The topological polar surface area (TPSA) is 114 Å². The summed E-state index contributed by atoms with van der Waals surface area (Å²) in [6, 6.07) is 14.6. The van der Waals surface area contributed by atoms with Crippen LogP contribution in [-0.4, -0.2) is 73.7 Å². The van der Waals surface area contributed by atoms with E-state index in [2.05, 4.69) is 20.3 Å². The number of para-hydroxylation sites is 2. The molecular formula is C29H32N6O3. The van der Waals surface area contributed by atoms with Gasteiger partial charge in [-0.2, -0.15) is 0 Å². The fourth-order valence-corrected chi connectivity index (χ4v) is 5.88. The van der Waals surface area contributed by atoms with E-state index < -0.39 is 6.04 Å². The molecular weight excluding hydrogens is 480 g/mol. The molecule has 2 saturated heterocycles. The number of aromatic amines is 2. The maximum absolute atomic E-state index is 13.7. The SMILES string of the molecule is Cc1ccc2[nH]c(C(=O)NC(CC(C)C)C(=O)N3CC4CC3CN4C(=O)c3nc4ccccc4[nH]3)cc2c1. The van der Waals surface area contributed by atoms with E-state index in [1.165, 1.54) is 0 Å². The van der Waals surface area contributed by atoms with Crippen LogP contribution in [-0.2, 0) is 4.79 Å². The molecule has 9 heteroatoms. The molecule has 2 bridgehead atoms. The molecule has 3 unspecified atom stereocenters. The minimum absolute atomic E-state index is 0.0583. The van der Waals surface area contributed by atoms with Gasteiger partial charge in [0, 0.05) is 24.0 Å². The van der Waals surface area contributed by atoms with Gasteiger partial charge in [0.15, 0.2) is 5.82 Å². The Balaban J connectivity index is 1.15. The molecule has 3 amide bonds. The van der Waals surface area contributed by atoms with Gasteiger partial charge in [0.05, 0.1) is 23.1 Å². The van der Waals surface area contributed by atoms with Gasteiger partial charge < -0.3 is 25.1 Å². The predicted molar refractivity (Wildman–Crippen MR) is 145 cm³/mol. The minimum Gasteiger partial charge on any atom is -0.351 e. The molecule has 3 atom stereocenters. The Morgan fingerprint density at radius 3 is 2.50 bits per heavy atom. The number of aromatic nitrogens is 3. The first-order chi connectivity index (χ1) is 18.3. The highest BCUT2D eigenvalue weighted by Gasteiger charge is 2.48. The number of fused-ring (bicyclic) bond motifs is 4. The Morgan fingerprint density at radius 1 is 1.00 bits per heavy atom. The molecule has 6 rings (SSSR count). The number of carbonyl (C=O) groups is 3. The molecule has 4 aromatic rings. The Labute approximate surface area is 220 Å². The van der Waals surface area contributed by atoms with Crippen molar-refractivity contribution in [3.63, 3.8) is 0 Å². The summed E-state index contributed by atoms with van der Waals surface area (Å²) < 4.78 is 0. The summed E-state index contributed by atoms with van der Waals surface area (Å²) >= 11 is 0. The molecule has 196 valence electrons. The first-order valence-electron chi connectivity index (χ1n) is 13.2. The third kappa shape index (κ3) is 4.31. The fraction of sp³-hybridized carbons (Fsp3) is 0.379. The highest BCUT2D eigenvalue weighted by Crippen LogP contribution is 2.33. The lowest BCUT2D eigenvalue weighted by molar-refractivity contribution is -0.135. The van der Waals surface area contributed by atoms with Gasteiger partial charge >= 0.3 is 0 Å². The minimum atomic E-state index is -0.630. The largest absolute Gasteiger partial charge is 0.351 e. The number of hydrogen-bond acceptors (Lipinski definition) is 4. The van der Waals surface area contributed by atoms with Crippen LogP contribution in [0.5, 0.6) is 0 Å². The summed E-state index contributed by atoms with van der Waals surface area (Å²) in [6.07, 6.45) is 1.28. The summed E-state index contributed by atoms with van der Waals surface area (Å²) in [5.74, 6) is 0.0452. The van der Waals surface area contributed by atoms with Crippen molar-refractivity contribution in [2.24, 2.45) is 5.92 Å². The van der Waals surface area contributed by atoms with E-state index in [4.69, 9.17) is 0 Å². The number of nitrogens with one attached hydrogen (secondary N) is 3. The highest BCUT2D eigenvalue weighted by molar-refractivity contribution is 6.00. The van der Waals surface area contributed by atoms with Gasteiger partial charge in [-0.25, -0.2) is 4.98 Å². The lowest BCUT2D eigenvalue weighted by Gasteiger charge is -2.36. The van der Waals surface area contributed by atoms with Crippen molar-refractivity contribution in [3.05, 3.63) is 65.6 Å². The van der Waals surface area contributed by atoms with Crippen molar-refractivity contribution in [3.8, 4) is 0 Å². The van der Waals surface area contributed by atoms with Crippen LogP contribution in [0.25, 0.3) is 21.9 Å². The van der Waals surface area contributed by atoms with E-state index in [9.17, 15) is 14.4 Å². The molecule has 2 aromatic carbocycles. The lowest BCUT2D eigenvalue weighted by atomic mass is 10.0. The lowest BCUT2D eigenvalue weighted by Crippen LogP contribution is -2.56. The van der Waals surface area contributed by atoms with Gasteiger partial charge in [0.25, 0.3) is 11.8 Å². The Kier molecular flexibility index (Phi) is 5.93. The summed E-state index contributed by atoms with van der Waals surface area (Å²) in [5, 5.41) is 3.96. The number of hydrogen-bond donors (Lipinski definition) is 3. The summed E-state index contributed by atoms with van der Waals surface area (Å²) in [7, 11) is 0. The van der Waals surface area contributed by atoms with Gasteiger partial charge in [-0.15, -0.1) is 0 Å². The maximum Gasteiger partial charge on any atom is 0.290 e. The molecule has 2 aliphatic rings. The van der Waals surface area contributed by atoms with Gasteiger partial charge in [0.2, 0.25) is 5.91 Å². The predicted octanol–water partition coefficient (Wildman–Crippen LogP) is 3.62. The molecule has 38 heavy (non-hydrogen) atoms. The van der Waals surface area contributed by atoms with Crippen molar-refractivity contribution in [1.82, 2.24) is 30.1 Å². The number of aryl methyl sites for hydroxylation is 1. The van der Waals surface area contributed by atoms with E-state index in [0.717, 1.165) is 33.9 Å². The van der Waals surface area contributed by atoms with Gasteiger partial charge in [-0.05, 0) is 56.0 Å². The number of likely N-dealkylation sites (tertiary alicyclic amines) is 2. The number of nitrogens with zero attached hydrogens (tertiary/aromatic N) is 3. The third-order valence-corrected chi connectivity index (χ3v) is 7.71. The zero-order chi connectivity index (χ0) is 26.6. The van der Waals surface area contributed by atoms with Crippen molar-refractivity contribution in [1.29, 1.82) is 0 Å². The van der Waals surface area contributed by atoms with Crippen molar-refractivity contribution in [2.75, 3.05) is 13.1 Å². The molecule has 0 aliphatic carbocycles. The number of amides is 3.